The van der Waals surface area contributed by atoms with Crippen molar-refractivity contribution in [2.45, 2.75) is 32.7 Å². The maximum Gasteiger partial charge on any atom is 0.123 e. The van der Waals surface area contributed by atoms with Gasteiger partial charge in [-0.1, -0.05) is 13.0 Å². The highest BCUT2D eigenvalue weighted by Gasteiger charge is 2.16. The Balaban J connectivity index is 1.86. The zero-order valence-corrected chi connectivity index (χ0v) is 13.2. The lowest BCUT2D eigenvalue weighted by molar-refractivity contribution is 0.0411. The first-order valence-electron chi connectivity index (χ1n) is 7.90. The van der Waals surface area contributed by atoms with E-state index in [1.807, 2.05) is 12.1 Å². The van der Waals surface area contributed by atoms with Crippen molar-refractivity contribution in [3.8, 4) is 11.5 Å². The molecule has 1 aliphatic heterocycles. The third-order valence-electron chi connectivity index (χ3n) is 3.79. The van der Waals surface area contributed by atoms with Crippen LogP contribution in [0.25, 0.3) is 0 Å². The van der Waals surface area contributed by atoms with Crippen molar-refractivity contribution in [1.82, 2.24) is 4.90 Å². The van der Waals surface area contributed by atoms with Gasteiger partial charge < -0.3 is 19.5 Å². The van der Waals surface area contributed by atoms with Gasteiger partial charge in [0.25, 0.3) is 0 Å². The highest BCUT2D eigenvalue weighted by atomic mass is 16.5. The largest absolute Gasteiger partial charge is 0.507 e. The van der Waals surface area contributed by atoms with Crippen LogP contribution in [-0.4, -0.2) is 43.4 Å². The molecule has 1 heterocycles. The number of nitrogens with zero attached hydrogens (tertiary/aromatic N) is 1. The number of phenols is 1. The molecule has 4 nitrogen and oxygen atoms in total. The molecule has 21 heavy (non-hydrogen) atoms. The second-order valence-electron chi connectivity index (χ2n) is 5.92. The van der Waals surface area contributed by atoms with Gasteiger partial charge in [-0.05, 0) is 38.3 Å². The summed E-state index contributed by atoms with van der Waals surface area (Å²) in [5, 5.41) is 10.1. The number of hydrogen-bond acceptors (Lipinski definition) is 4. The monoisotopic (exact) mass is 293 g/mol. The summed E-state index contributed by atoms with van der Waals surface area (Å²) in [6, 6.07) is 5.60. The molecule has 1 saturated heterocycles. The minimum Gasteiger partial charge on any atom is -0.507 e. The summed E-state index contributed by atoms with van der Waals surface area (Å²) in [5.41, 5.74) is 0.943. The predicted octanol–water partition coefficient (Wildman–Crippen LogP) is 3.04. The molecule has 1 aliphatic rings. The van der Waals surface area contributed by atoms with E-state index in [-0.39, 0.29) is 0 Å². The molecule has 1 atom stereocenters. The summed E-state index contributed by atoms with van der Waals surface area (Å²) in [7, 11) is 2.09. The van der Waals surface area contributed by atoms with E-state index >= 15 is 0 Å². The zero-order valence-electron chi connectivity index (χ0n) is 13.2. The summed E-state index contributed by atoms with van der Waals surface area (Å²) >= 11 is 0. The van der Waals surface area contributed by atoms with Gasteiger partial charge in [0.05, 0.1) is 13.2 Å². The van der Waals surface area contributed by atoms with Gasteiger partial charge in [-0.15, -0.1) is 0 Å². The third kappa shape index (κ3) is 5.21. The standard InChI is InChI=1S/C17H27NO3/c1-3-8-21-16-7-6-15(17(19)10-16)12-18(2)11-14-5-4-9-20-13-14/h6-7,10,14,19H,3-5,8-9,11-13H2,1-2H3. The fraction of sp³-hybridized carbons (Fsp3) is 0.647. The molecule has 0 saturated carbocycles. The molecule has 0 radical (unpaired) electrons. The maximum absolute atomic E-state index is 10.1. The van der Waals surface area contributed by atoms with Crippen LogP contribution >= 0.6 is 0 Å². The van der Waals surface area contributed by atoms with E-state index in [9.17, 15) is 5.11 Å². The topological polar surface area (TPSA) is 41.9 Å². The molecule has 1 fully saturated rings. The molecule has 118 valence electrons. The van der Waals surface area contributed by atoms with Crippen LogP contribution in [0.3, 0.4) is 0 Å². The highest BCUT2D eigenvalue weighted by molar-refractivity contribution is 5.39. The molecule has 0 bridgehead atoms. The lowest BCUT2D eigenvalue weighted by Crippen LogP contribution is -2.30. The number of rotatable bonds is 7. The minimum atomic E-state index is 0.315. The van der Waals surface area contributed by atoms with Crippen molar-refractivity contribution in [2.75, 3.05) is 33.4 Å². The second-order valence-corrected chi connectivity index (χ2v) is 5.92. The Bertz CT molecular complexity index is 430. The van der Waals surface area contributed by atoms with Crippen LogP contribution in [0.1, 0.15) is 31.7 Å². The van der Waals surface area contributed by atoms with E-state index in [2.05, 4.69) is 18.9 Å². The summed E-state index contributed by atoms with van der Waals surface area (Å²) in [4.78, 5) is 2.25. The zero-order chi connectivity index (χ0) is 15.1. The van der Waals surface area contributed by atoms with Gasteiger partial charge in [-0.2, -0.15) is 0 Å². The Morgan fingerprint density at radius 2 is 2.29 bits per heavy atom. The maximum atomic E-state index is 10.1. The van der Waals surface area contributed by atoms with Crippen molar-refractivity contribution in [3.63, 3.8) is 0 Å². The first-order valence-corrected chi connectivity index (χ1v) is 7.90. The SMILES string of the molecule is CCCOc1ccc(CN(C)CC2CCCOC2)c(O)c1. The average molecular weight is 293 g/mol. The number of hydrogen-bond donors (Lipinski definition) is 1. The van der Waals surface area contributed by atoms with Crippen LogP contribution in [0.2, 0.25) is 0 Å². The molecule has 1 N–H and O–H groups in total. The normalized spacial score (nSPS) is 18.9. The minimum absolute atomic E-state index is 0.315. The van der Waals surface area contributed by atoms with Crippen LogP contribution in [0.15, 0.2) is 18.2 Å². The molecule has 4 heteroatoms. The molecule has 2 rings (SSSR count). The van der Waals surface area contributed by atoms with Crippen LogP contribution in [-0.2, 0) is 11.3 Å². The fourth-order valence-electron chi connectivity index (χ4n) is 2.73. The van der Waals surface area contributed by atoms with Gasteiger partial charge in [-0.3, -0.25) is 0 Å². The van der Waals surface area contributed by atoms with Gasteiger partial charge in [0.2, 0.25) is 0 Å². The van der Waals surface area contributed by atoms with Crippen molar-refractivity contribution in [2.24, 2.45) is 5.92 Å². The first-order chi connectivity index (χ1) is 10.2. The summed E-state index contributed by atoms with van der Waals surface area (Å²) in [6.07, 6.45) is 3.36. The Kier molecular flexibility index (Phi) is 6.33. The third-order valence-corrected chi connectivity index (χ3v) is 3.79. The van der Waals surface area contributed by atoms with Gasteiger partial charge in [0.1, 0.15) is 11.5 Å². The average Bonchev–Trinajstić information content (AvgIpc) is 2.48. The number of benzene rings is 1. The molecule has 1 aromatic carbocycles. The van der Waals surface area contributed by atoms with E-state index in [0.29, 0.717) is 18.3 Å². The van der Waals surface area contributed by atoms with E-state index in [1.165, 1.54) is 6.42 Å². The van der Waals surface area contributed by atoms with Crippen LogP contribution < -0.4 is 4.74 Å². The Labute approximate surface area is 127 Å². The molecule has 0 aromatic heterocycles. The predicted molar refractivity (Wildman–Crippen MR) is 83.8 cm³/mol. The highest BCUT2D eigenvalue weighted by Crippen LogP contribution is 2.25. The molecular formula is C17H27NO3. The molecule has 0 aliphatic carbocycles. The van der Waals surface area contributed by atoms with Gasteiger partial charge in [-0.25, -0.2) is 0 Å². The lowest BCUT2D eigenvalue weighted by atomic mass is 10.0. The summed E-state index contributed by atoms with van der Waals surface area (Å²) in [6.45, 7) is 6.27. The van der Waals surface area contributed by atoms with Crippen molar-refractivity contribution < 1.29 is 14.6 Å². The number of ether oxygens (including phenoxy) is 2. The van der Waals surface area contributed by atoms with Crippen LogP contribution in [0.5, 0.6) is 11.5 Å². The van der Waals surface area contributed by atoms with Crippen LogP contribution in [0.4, 0.5) is 0 Å². The van der Waals surface area contributed by atoms with Crippen molar-refractivity contribution in [3.05, 3.63) is 23.8 Å². The van der Waals surface area contributed by atoms with Gasteiger partial charge in [0, 0.05) is 31.3 Å². The fourth-order valence-corrected chi connectivity index (χ4v) is 2.73. The van der Waals surface area contributed by atoms with Crippen molar-refractivity contribution in [1.29, 1.82) is 0 Å². The molecular weight excluding hydrogens is 266 g/mol. The Morgan fingerprint density at radius 1 is 1.43 bits per heavy atom. The number of phenolic OH excluding ortho intramolecular Hbond substituents is 1. The molecule has 1 aromatic rings. The Hall–Kier alpha value is -1.26. The number of aromatic hydroxyl groups is 1. The van der Waals surface area contributed by atoms with E-state index < -0.39 is 0 Å². The molecule has 0 spiro atoms. The van der Waals surface area contributed by atoms with Crippen LogP contribution in [0, 0.1) is 5.92 Å². The molecule has 1 unspecified atom stereocenters. The van der Waals surface area contributed by atoms with Gasteiger partial charge >= 0.3 is 0 Å². The lowest BCUT2D eigenvalue weighted by Gasteiger charge is -2.27. The quantitative estimate of drug-likeness (QED) is 0.839. The van der Waals surface area contributed by atoms with E-state index in [4.69, 9.17) is 9.47 Å². The van der Waals surface area contributed by atoms with Gasteiger partial charge in [0.15, 0.2) is 0 Å². The smallest absolute Gasteiger partial charge is 0.123 e. The van der Waals surface area contributed by atoms with Crippen molar-refractivity contribution >= 4 is 0 Å². The summed E-state index contributed by atoms with van der Waals surface area (Å²) in [5.74, 6) is 1.66. The summed E-state index contributed by atoms with van der Waals surface area (Å²) < 4.78 is 11.0. The second kappa shape index (κ2) is 8.25. The van der Waals surface area contributed by atoms with E-state index in [0.717, 1.165) is 50.5 Å². The molecule has 0 amide bonds. The van der Waals surface area contributed by atoms with E-state index in [1.54, 1.807) is 6.07 Å². The Morgan fingerprint density at radius 3 is 2.95 bits per heavy atom. The first kappa shape index (κ1) is 16.1.